The zero-order chi connectivity index (χ0) is 18.5. The van der Waals surface area contributed by atoms with Crippen LogP contribution in [0.4, 0.5) is 4.79 Å². The summed E-state index contributed by atoms with van der Waals surface area (Å²) in [4.78, 5) is 22.0. The van der Waals surface area contributed by atoms with Crippen molar-refractivity contribution < 1.29 is 9.21 Å². The highest BCUT2D eigenvalue weighted by Crippen LogP contribution is 2.20. The molecule has 0 radical (unpaired) electrons. The molecule has 1 unspecified atom stereocenters. The van der Waals surface area contributed by atoms with E-state index in [1.165, 1.54) is 4.90 Å². The Bertz CT molecular complexity index is 844. The highest BCUT2D eigenvalue weighted by atomic mass is 32.2. The van der Waals surface area contributed by atoms with Crippen LogP contribution >= 0.6 is 11.8 Å². The molecule has 3 aromatic rings. The number of H-pyrrole nitrogens is 1. The number of benzene rings is 1. The van der Waals surface area contributed by atoms with Crippen LogP contribution in [-0.2, 0) is 6.54 Å². The molecule has 2 heterocycles. The van der Waals surface area contributed by atoms with Crippen LogP contribution in [0.5, 0.6) is 0 Å². The number of amides is 2. The number of fused-ring (bicyclic) bond motifs is 1. The number of aromatic nitrogens is 4. The monoisotopic (exact) mass is 374 g/mol. The number of urea groups is 1. The van der Waals surface area contributed by atoms with Crippen LogP contribution in [0.25, 0.3) is 11.0 Å². The molecule has 2 aromatic heterocycles. The predicted molar refractivity (Wildman–Crippen MR) is 101 cm³/mol. The number of nitrogens with zero attached hydrogens (tertiary/aromatic N) is 4. The first-order chi connectivity index (χ1) is 12.6. The van der Waals surface area contributed by atoms with Gasteiger partial charge in [-0.05, 0) is 30.6 Å². The van der Waals surface area contributed by atoms with Gasteiger partial charge in [-0.15, -0.1) is 10.2 Å². The number of imidazole rings is 1. The van der Waals surface area contributed by atoms with Gasteiger partial charge < -0.3 is 19.6 Å². The van der Waals surface area contributed by atoms with Gasteiger partial charge in [0.1, 0.15) is 12.4 Å². The lowest BCUT2D eigenvalue weighted by atomic mass is 10.2. The van der Waals surface area contributed by atoms with Crippen LogP contribution < -0.4 is 5.32 Å². The van der Waals surface area contributed by atoms with Crippen molar-refractivity contribution in [2.75, 3.05) is 19.1 Å². The van der Waals surface area contributed by atoms with E-state index in [-0.39, 0.29) is 18.6 Å². The molecule has 1 aromatic carbocycles. The van der Waals surface area contributed by atoms with Crippen molar-refractivity contribution in [1.82, 2.24) is 30.4 Å². The first kappa shape index (κ1) is 18.2. The number of nitrogens with one attached hydrogen (secondary N) is 2. The smallest absolute Gasteiger partial charge is 0.318 e. The van der Waals surface area contributed by atoms with Gasteiger partial charge in [-0.25, -0.2) is 9.78 Å². The van der Waals surface area contributed by atoms with Crippen molar-refractivity contribution in [3.05, 3.63) is 41.9 Å². The topological polar surface area (TPSA) is 99.9 Å². The molecule has 138 valence electrons. The van der Waals surface area contributed by atoms with Gasteiger partial charge >= 0.3 is 6.03 Å². The minimum Gasteiger partial charge on any atom is -0.424 e. The molecular weight excluding hydrogens is 352 g/mol. The van der Waals surface area contributed by atoms with Gasteiger partial charge in [-0.3, -0.25) is 0 Å². The third kappa shape index (κ3) is 4.34. The second-order valence-corrected chi connectivity index (χ2v) is 6.98. The quantitative estimate of drug-likeness (QED) is 0.660. The number of hydrogen-bond donors (Lipinski definition) is 2. The first-order valence-electron chi connectivity index (χ1n) is 8.31. The van der Waals surface area contributed by atoms with E-state index < -0.39 is 0 Å². The molecular formula is C17H22N6O2S. The second kappa shape index (κ2) is 8.22. The summed E-state index contributed by atoms with van der Waals surface area (Å²) in [6, 6.07) is 7.42. The fourth-order valence-corrected chi connectivity index (χ4v) is 3.06. The number of aryl methyl sites for hydroxylation is 1. The van der Waals surface area contributed by atoms with Crippen molar-refractivity contribution in [3.8, 4) is 0 Å². The van der Waals surface area contributed by atoms with Crippen LogP contribution in [0.1, 0.15) is 30.1 Å². The first-order valence-corrected chi connectivity index (χ1v) is 9.70. The lowest BCUT2D eigenvalue weighted by Gasteiger charge is -2.21. The molecule has 0 fully saturated rings. The number of rotatable bonds is 7. The third-order valence-corrected chi connectivity index (χ3v) is 4.58. The number of carbonyl (C=O) groups is 1. The van der Waals surface area contributed by atoms with Crippen molar-refractivity contribution in [3.63, 3.8) is 0 Å². The molecule has 8 nitrogen and oxygen atoms in total. The van der Waals surface area contributed by atoms with Gasteiger partial charge in [0.2, 0.25) is 11.8 Å². The Morgan fingerprint density at radius 3 is 2.88 bits per heavy atom. The summed E-state index contributed by atoms with van der Waals surface area (Å²) in [6.45, 7) is 1.97. The molecule has 1 atom stereocenters. The van der Waals surface area contributed by atoms with Crippen LogP contribution in [0, 0.1) is 6.92 Å². The largest absolute Gasteiger partial charge is 0.424 e. The Labute approximate surface area is 155 Å². The summed E-state index contributed by atoms with van der Waals surface area (Å²) in [5.74, 6) is 2.56. The molecule has 0 saturated heterocycles. The molecule has 2 amide bonds. The summed E-state index contributed by atoms with van der Waals surface area (Å²) in [7, 11) is 1.69. The van der Waals surface area contributed by atoms with Gasteiger partial charge in [-0.1, -0.05) is 12.1 Å². The molecule has 0 bridgehead atoms. The van der Waals surface area contributed by atoms with Crippen molar-refractivity contribution in [2.45, 2.75) is 25.9 Å². The van der Waals surface area contributed by atoms with E-state index in [0.717, 1.165) is 29.0 Å². The van der Waals surface area contributed by atoms with Crippen molar-refractivity contribution in [1.29, 1.82) is 0 Å². The van der Waals surface area contributed by atoms with E-state index in [9.17, 15) is 4.79 Å². The highest BCUT2D eigenvalue weighted by molar-refractivity contribution is 7.98. The molecule has 9 heteroatoms. The molecule has 0 saturated carbocycles. The fraction of sp³-hybridized carbons (Fsp3) is 0.412. The normalized spacial score (nSPS) is 12.3. The lowest BCUT2D eigenvalue weighted by molar-refractivity contribution is 0.197. The minimum atomic E-state index is -0.215. The minimum absolute atomic E-state index is 0.200. The zero-order valence-electron chi connectivity index (χ0n) is 15.0. The predicted octanol–water partition coefficient (Wildman–Crippen LogP) is 2.89. The number of carbonyl (C=O) groups excluding carboxylic acids is 1. The van der Waals surface area contributed by atoms with E-state index in [2.05, 4.69) is 25.5 Å². The number of thioether (sulfide) groups is 1. The van der Waals surface area contributed by atoms with Crippen molar-refractivity contribution >= 4 is 28.8 Å². The fourth-order valence-electron chi connectivity index (χ4n) is 2.59. The summed E-state index contributed by atoms with van der Waals surface area (Å²) in [6.07, 6.45) is 2.82. The van der Waals surface area contributed by atoms with Gasteiger partial charge in [0.25, 0.3) is 0 Å². The Morgan fingerprint density at radius 2 is 2.19 bits per heavy atom. The van der Waals surface area contributed by atoms with Crippen LogP contribution in [0.2, 0.25) is 0 Å². The number of hydrogen-bond acceptors (Lipinski definition) is 6. The number of para-hydroxylation sites is 2. The molecule has 2 N–H and O–H groups in total. The van der Waals surface area contributed by atoms with E-state index in [0.29, 0.717) is 11.8 Å². The average Bonchev–Trinajstić information content (AvgIpc) is 3.24. The maximum Gasteiger partial charge on any atom is 0.318 e. The number of aromatic amines is 1. The van der Waals surface area contributed by atoms with E-state index in [4.69, 9.17) is 4.42 Å². The van der Waals surface area contributed by atoms with Gasteiger partial charge in [0.15, 0.2) is 0 Å². The average molecular weight is 374 g/mol. The van der Waals surface area contributed by atoms with Crippen LogP contribution in [-0.4, -0.2) is 50.2 Å². The Kier molecular flexibility index (Phi) is 5.77. The maximum atomic E-state index is 12.6. The van der Waals surface area contributed by atoms with E-state index in [1.54, 1.807) is 25.7 Å². The summed E-state index contributed by atoms with van der Waals surface area (Å²) in [5, 5.41) is 10.7. The second-order valence-electron chi connectivity index (χ2n) is 5.99. The van der Waals surface area contributed by atoms with Crippen LogP contribution in [0.3, 0.4) is 0 Å². The summed E-state index contributed by atoms with van der Waals surface area (Å²) < 4.78 is 5.33. The van der Waals surface area contributed by atoms with Crippen molar-refractivity contribution in [2.24, 2.45) is 0 Å². The highest BCUT2D eigenvalue weighted by Gasteiger charge is 2.21. The molecule has 0 aliphatic heterocycles. The molecule has 3 rings (SSSR count). The third-order valence-electron chi connectivity index (χ3n) is 3.93. The maximum absolute atomic E-state index is 12.6. The molecule has 0 spiro atoms. The van der Waals surface area contributed by atoms with Gasteiger partial charge in [-0.2, -0.15) is 11.8 Å². The standard InChI is InChI=1S/C17H22N6O2S/c1-11-21-22-15(25-11)10-23(2)17(24)20-14(8-9-26-3)16-18-12-6-4-5-7-13(12)19-16/h4-7,14H,8-10H2,1-3H3,(H,18,19)(H,20,24). The molecule has 0 aliphatic carbocycles. The Hall–Kier alpha value is -2.55. The van der Waals surface area contributed by atoms with E-state index >= 15 is 0 Å². The lowest BCUT2D eigenvalue weighted by Crippen LogP contribution is -2.39. The van der Waals surface area contributed by atoms with E-state index in [1.807, 2.05) is 30.5 Å². The summed E-state index contributed by atoms with van der Waals surface area (Å²) in [5.41, 5.74) is 1.85. The van der Waals surface area contributed by atoms with Crippen LogP contribution in [0.15, 0.2) is 28.7 Å². The van der Waals surface area contributed by atoms with Gasteiger partial charge in [0, 0.05) is 14.0 Å². The molecule has 0 aliphatic rings. The Balaban J connectivity index is 1.71. The zero-order valence-corrected chi connectivity index (χ0v) is 15.8. The molecule has 26 heavy (non-hydrogen) atoms. The van der Waals surface area contributed by atoms with Gasteiger partial charge in [0.05, 0.1) is 17.1 Å². The Morgan fingerprint density at radius 1 is 1.38 bits per heavy atom. The summed E-state index contributed by atoms with van der Waals surface area (Å²) >= 11 is 1.73. The SMILES string of the molecule is CSCCC(NC(=O)N(C)Cc1nnc(C)o1)c1nc2ccccc2[nH]1.